The zero-order chi connectivity index (χ0) is 13.1. The third kappa shape index (κ3) is 2.50. The van der Waals surface area contributed by atoms with Gasteiger partial charge in [-0.15, -0.1) is 0 Å². The van der Waals surface area contributed by atoms with Gasteiger partial charge in [0.15, 0.2) is 0 Å². The highest BCUT2D eigenvalue weighted by molar-refractivity contribution is 6.30. The van der Waals surface area contributed by atoms with Gasteiger partial charge in [0.1, 0.15) is 5.75 Å². The maximum atomic E-state index is 6.32. The molecule has 0 aliphatic heterocycles. The van der Waals surface area contributed by atoms with Crippen molar-refractivity contribution in [2.24, 2.45) is 5.73 Å². The van der Waals surface area contributed by atoms with Crippen molar-refractivity contribution in [3.05, 3.63) is 64.2 Å². The Bertz CT molecular complexity index is 554. The van der Waals surface area contributed by atoms with Crippen LogP contribution in [-0.4, -0.2) is 7.11 Å². The molecule has 0 radical (unpaired) electrons. The van der Waals surface area contributed by atoms with Gasteiger partial charge in [-0.05, 0) is 36.2 Å². The molecular weight excluding hydrogens is 246 g/mol. The molecule has 1 unspecified atom stereocenters. The molecule has 0 bridgehead atoms. The summed E-state index contributed by atoms with van der Waals surface area (Å²) >= 11 is 6.04. The first-order valence-electron chi connectivity index (χ1n) is 5.78. The minimum Gasteiger partial charge on any atom is -0.496 e. The molecular formula is C15H16ClNO. The number of rotatable bonds is 3. The second-order valence-corrected chi connectivity index (χ2v) is 4.66. The van der Waals surface area contributed by atoms with Crippen LogP contribution in [0.4, 0.5) is 0 Å². The fourth-order valence-electron chi connectivity index (χ4n) is 2.04. The van der Waals surface area contributed by atoms with Crippen LogP contribution >= 0.6 is 11.6 Å². The van der Waals surface area contributed by atoms with E-state index in [1.807, 2.05) is 49.4 Å². The summed E-state index contributed by atoms with van der Waals surface area (Å²) in [6.07, 6.45) is 0. The molecule has 2 N–H and O–H groups in total. The lowest BCUT2D eigenvalue weighted by Gasteiger charge is -2.18. The highest BCUT2D eigenvalue weighted by Crippen LogP contribution is 2.30. The van der Waals surface area contributed by atoms with Gasteiger partial charge in [0, 0.05) is 10.6 Å². The minimum absolute atomic E-state index is 0.236. The van der Waals surface area contributed by atoms with Crippen LogP contribution in [-0.2, 0) is 0 Å². The number of hydrogen-bond donors (Lipinski definition) is 1. The smallest absolute Gasteiger partial charge is 0.123 e. The average Bonchev–Trinajstić information content (AvgIpc) is 2.40. The van der Waals surface area contributed by atoms with Crippen LogP contribution in [0.5, 0.6) is 5.75 Å². The number of halogens is 1. The Hall–Kier alpha value is -1.51. The van der Waals surface area contributed by atoms with Crippen LogP contribution in [0.25, 0.3) is 0 Å². The Morgan fingerprint density at radius 3 is 2.56 bits per heavy atom. The summed E-state index contributed by atoms with van der Waals surface area (Å²) in [5.41, 5.74) is 9.43. The zero-order valence-electron chi connectivity index (χ0n) is 10.5. The molecule has 0 amide bonds. The molecule has 2 aromatic rings. The lowest BCUT2D eigenvalue weighted by molar-refractivity contribution is 0.408. The molecule has 2 aromatic carbocycles. The maximum absolute atomic E-state index is 6.32. The molecule has 0 aliphatic carbocycles. The van der Waals surface area contributed by atoms with E-state index in [1.165, 1.54) is 0 Å². The van der Waals surface area contributed by atoms with Gasteiger partial charge in [-0.1, -0.05) is 35.9 Å². The number of hydrogen-bond acceptors (Lipinski definition) is 2. The van der Waals surface area contributed by atoms with Crippen molar-refractivity contribution >= 4 is 11.6 Å². The Morgan fingerprint density at radius 1 is 1.11 bits per heavy atom. The van der Waals surface area contributed by atoms with Crippen molar-refractivity contribution in [3.63, 3.8) is 0 Å². The van der Waals surface area contributed by atoms with Crippen LogP contribution in [0.15, 0.2) is 42.5 Å². The lowest BCUT2D eigenvalue weighted by atomic mass is 9.95. The molecule has 0 spiro atoms. The van der Waals surface area contributed by atoms with E-state index in [4.69, 9.17) is 22.1 Å². The summed E-state index contributed by atoms with van der Waals surface area (Å²) in [4.78, 5) is 0. The normalized spacial score (nSPS) is 12.2. The van der Waals surface area contributed by atoms with Crippen LogP contribution in [0.3, 0.4) is 0 Å². The summed E-state index contributed by atoms with van der Waals surface area (Å²) in [6, 6.07) is 13.3. The predicted octanol–water partition coefficient (Wildman–Crippen LogP) is 3.71. The topological polar surface area (TPSA) is 35.2 Å². The standard InChI is InChI=1S/C15H16ClNO/c1-10-7-8-11(16)9-13(10)15(17)12-5-3-4-6-14(12)18-2/h3-9,15H,17H2,1-2H3. The molecule has 0 aliphatic rings. The van der Waals surface area contributed by atoms with Gasteiger partial charge in [-0.25, -0.2) is 0 Å². The van der Waals surface area contributed by atoms with E-state index in [0.717, 1.165) is 22.4 Å². The van der Waals surface area contributed by atoms with Gasteiger partial charge in [0.25, 0.3) is 0 Å². The number of ether oxygens (including phenoxy) is 1. The van der Waals surface area contributed by atoms with Crippen molar-refractivity contribution in [1.82, 2.24) is 0 Å². The molecule has 0 saturated carbocycles. The third-order valence-electron chi connectivity index (χ3n) is 3.05. The number of benzene rings is 2. The fraction of sp³-hybridized carbons (Fsp3) is 0.200. The SMILES string of the molecule is COc1ccccc1C(N)c1cc(Cl)ccc1C. The van der Waals surface area contributed by atoms with E-state index in [2.05, 4.69) is 0 Å². The van der Waals surface area contributed by atoms with Gasteiger partial charge in [0.05, 0.1) is 13.2 Å². The zero-order valence-corrected chi connectivity index (χ0v) is 11.2. The second kappa shape index (κ2) is 5.42. The van der Waals surface area contributed by atoms with E-state index in [-0.39, 0.29) is 6.04 Å². The van der Waals surface area contributed by atoms with Crippen molar-refractivity contribution < 1.29 is 4.74 Å². The first kappa shape index (κ1) is 12.9. The van der Waals surface area contributed by atoms with Gasteiger partial charge in [-0.2, -0.15) is 0 Å². The minimum atomic E-state index is -0.236. The van der Waals surface area contributed by atoms with Gasteiger partial charge in [-0.3, -0.25) is 0 Å². The molecule has 18 heavy (non-hydrogen) atoms. The van der Waals surface area contributed by atoms with E-state index in [1.54, 1.807) is 7.11 Å². The average molecular weight is 262 g/mol. The third-order valence-corrected chi connectivity index (χ3v) is 3.29. The number of methoxy groups -OCH3 is 1. The van der Waals surface area contributed by atoms with Crippen molar-refractivity contribution in [1.29, 1.82) is 0 Å². The van der Waals surface area contributed by atoms with Crippen LogP contribution in [0, 0.1) is 6.92 Å². The Morgan fingerprint density at radius 2 is 1.83 bits per heavy atom. The molecule has 1 atom stereocenters. The van der Waals surface area contributed by atoms with Crippen molar-refractivity contribution in [2.75, 3.05) is 7.11 Å². The number of para-hydroxylation sites is 1. The summed E-state index contributed by atoms with van der Waals surface area (Å²) in [7, 11) is 1.65. The lowest BCUT2D eigenvalue weighted by Crippen LogP contribution is -2.14. The van der Waals surface area contributed by atoms with Gasteiger partial charge in [0.2, 0.25) is 0 Å². The van der Waals surface area contributed by atoms with E-state index in [9.17, 15) is 0 Å². The second-order valence-electron chi connectivity index (χ2n) is 4.22. The maximum Gasteiger partial charge on any atom is 0.123 e. The fourth-order valence-corrected chi connectivity index (χ4v) is 2.22. The van der Waals surface area contributed by atoms with Crippen LogP contribution < -0.4 is 10.5 Å². The Balaban J connectivity index is 2.47. The van der Waals surface area contributed by atoms with Crippen LogP contribution in [0.1, 0.15) is 22.7 Å². The first-order valence-corrected chi connectivity index (χ1v) is 6.16. The highest BCUT2D eigenvalue weighted by atomic mass is 35.5. The summed E-state index contributed by atoms with van der Waals surface area (Å²) in [6.45, 7) is 2.03. The molecule has 94 valence electrons. The molecule has 0 aromatic heterocycles. The number of nitrogens with two attached hydrogens (primary N) is 1. The molecule has 2 nitrogen and oxygen atoms in total. The summed E-state index contributed by atoms with van der Waals surface area (Å²) in [5.74, 6) is 0.796. The van der Waals surface area contributed by atoms with E-state index in [0.29, 0.717) is 5.02 Å². The Labute approximate surface area is 112 Å². The molecule has 0 saturated heterocycles. The highest BCUT2D eigenvalue weighted by Gasteiger charge is 2.15. The van der Waals surface area contributed by atoms with E-state index < -0.39 is 0 Å². The summed E-state index contributed by atoms with van der Waals surface area (Å²) < 4.78 is 5.35. The number of aryl methyl sites for hydroxylation is 1. The van der Waals surface area contributed by atoms with Gasteiger partial charge < -0.3 is 10.5 Å². The Kier molecular flexibility index (Phi) is 3.90. The van der Waals surface area contributed by atoms with Crippen molar-refractivity contribution in [2.45, 2.75) is 13.0 Å². The first-order chi connectivity index (χ1) is 8.63. The van der Waals surface area contributed by atoms with Crippen LogP contribution in [0.2, 0.25) is 5.02 Å². The quantitative estimate of drug-likeness (QED) is 0.914. The van der Waals surface area contributed by atoms with Crippen molar-refractivity contribution in [3.8, 4) is 5.75 Å². The predicted molar refractivity (Wildman–Crippen MR) is 75.2 cm³/mol. The molecule has 2 rings (SSSR count). The van der Waals surface area contributed by atoms with Gasteiger partial charge >= 0.3 is 0 Å². The molecule has 0 heterocycles. The molecule has 0 fully saturated rings. The van der Waals surface area contributed by atoms with E-state index >= 15 is 0 Å². The monoisotopic (exact) mass is 261 g/mol. The summed E-state index contributed by atoms with van der Waals surface area (Å²) in [5, 5.41) is 0.695. The largest absolute Gasteiger partial charge is 0.496 e. The molecule has 3 heteroatoms.